The van der Waals surface area contributed by atoms with Gasteiger partial charge in [0.15, 0.2) is 0 Å². The molecule has 2 unspecified atom stereocenters. The third kappa shape index (κ3) is 5.43. The highest BCUT2D eigenvalue weighted by molar-refractivity contribution is 5.56. The molecule has 0 amide bonds. The van der Waals surface area contributed by atoms with Gasteiger partial charge in [0.1, 0.15) is 0 Å². The van der Waals surface area contributed by atoms with Crippen molar-refractivity contribution in [2.75, 3.05) is 0 Å². The number of hydrogen-bond acceptors (Lipinski definition) is 0. The van der Waals surface area contributed by atoms with E-state index < -0.39 is 112 Å². The monoisotopic (exact) mass is 912 g/mol. The molecule has 0 spiro atoms. The second kappa shape index (κ2) is 11.7. The maximum absolute atomic E-state index is 15.3. The minimum absolute atomic E-state index is 8.39. The number of hydrogen-bond donors (Lipinski definition) is 0. The Morgan fingerprint density at radius 1 is 0.236 bits per heavy atom. The topological polar surface area (TPSA) is 0 Å². The molecule has 36 heteroatoms. The van der Waals surface area contributed by atoms with Crippen LogP contribution in [0.4, 0.5) is 158 Å². The third-order valence-electron chi connectivity index (χ3n) is 7.52. The quantitative estimate of drug-likeness (QED) is 0.184. The van der Waals surface area contributed by atoms with Gasteiger partial charge in [-0.25, -0.2) is 8.78 Å². The summed E-state index contributed by atoms with van der Waals surface area (Å²) in [6.45, 7) is 0. The van der Waals surface area contributed by atoms with Gasteiger partial charge in [-0.2, -0.15) is 149 Å². The lowest BCUT2D eigenvalue weighted by Gasteiger charge is -2.55. The van der Waals surface area contributed by atoms with E-state index in [9.17, 15) is 149 Å². The predicted molar refractivity (Wildman–Crippen MR) is 92.7 cm³/mol. The SMILES string of the molecule is FC(F)(F)C(F)(F)C(C1=C(C(C(F)(F)F)(C(F)(F)C(F)(F)F)C(F)(C(F)(F)F)C(F)(F)F)C(F)(F)C(F)(F)C1(F)F)(C(F)(F)F)C(F)(C(F)(F)F)C(F)(F)F. The van der Waals surface area contributed by atoms with Crippen molar-refractivity contribution in [3.8, 4) is 0 Å². The Morgan fingerprint density at radius 2 is 0.400 bits per heavy atom. The normalized spacial score (nSPS) is 22.5. The highest BCUT2D eigenvalue weighted by Gasteiger charge is 3.07. The molecule has 0 radical (unpaired) electrons. The van der Waals surface area contributed by atoms with E-state index in [0.717, 1.165) is 0 Å². The Kier molecular flexibility index (Phi) is 10.7. The first kappa shape index (κ1) is 50.2. The van der Waals surface area contributed by atoms with E-state index in [1.54, 1.807) is 0 Å². The van der Waals surface area contributed by atoms with Crippen LogP contribution in [0, 0.1) is 10.8 Å². The van der Waals surface area contributed by atoms with Gasteiger partial charge in [0.05, 0.1) is 0 Å². The van der Waals surface area contributed by atoms with E-state index in [1.165, 1.54) is 0 Å². The molecule has 1 aliphatic rings. The lowest BCUT2D eigenvalue weighted by molar-refractivity contribution is -0.476. The fourth-order valence-electron chi connectivity index (χ4n) is 5.39. The Morgan fingerprint density at radius 3 is 0.509 bits per heavy atom. The van der Waals surface area contributed by atoms with Crippen LogP contribution in [-0.2, 0) is 0 Å². The fourth-order valence-corrected chi connectivity index (χ4v) is 5.39. The average molecular weight is 912 g/mol. The summed E-state index contributed by atoms with van der Waals surface area (Å²) in [5, 5.41) is 0. The zero-order valence-corrected chi connectivity index (χ0v) is 23.1. The fraction of sp³-hybridized carbons (Fsp3) is 0.895. The van der Waals surface area contributed by atoms with Crippen molar-refractivity contribution in [3.05, 3.63) is 11.1 Å². The van der Waals surface area contributed by atoms with Crippen molar-refractivity contribution in [1.82, 2.24) is 0 Å². The Balaban J connectivity index is 6.19. The first-order chi connectivity index (χ1) is 23.0. The largest absolute Gasteiger partial charge is 0.454 e. The standard InChI is InChI=1S/C19F36/c20-5(21)1(3(12(32,33)34,9(26,27)18(50,51)52)7(24,14(38,39)40)15(41,42)43)2(6(22,23)11(5,30)31)4(13(35,36)37,10(28,29)19(53,54)55)8(25,16(44,45)46)17(47,48)49. The van der Waals surface area contributed by atoms with Crippen LogP contribution in [0.5, 0.6) is 0 Å². The molecule has 2 atom stereocenters. The van der Waals surface area contributed by atoms with E-state index in [2.05, 4.69) is 0 Å². The van der Waals surface area contributed by atoms with Gasteiger partial charge in [0.25, 0.3) is 0 Å². The third-order valence-corrected chi connectivity index (χ3v) is 7.52. The highest BCUT2D eigenvalue weighted by atomic mass is 19.5. The maximum Gasteiger partial charge on any atom is 0.454 e. The van der Waals surface area contributed by atoms with Gasteiger partial charge in [-0.3, -0.25) is 0 Å². The molecule has 0 N–H and O–H groups in total. The van der Waals surface area contributed by atoms with Crippen LogP contribution < -0.4 is 0 Å². The second-order valence-electron chi connectivity index (χ2n) is 10.4. The van der Waals surface area contributed by atoms with Gasteiger partial charge in [-0.05, 0) is 0 Å². The summed E-state index contributed by atoms with van der Waals surface area (Å²) in [5.41, 5.74) is -61.7. The molecular formula is C19F36. The molecule has 55 heavy (non-hydrogen) atoms. The minimum atomic E-state index is -11.5. The molecule has 0 saturated heterocycles. The summed E-state index contributed by atoms with van der Waals surface area (Å²) in [6.07, 6.45) is -81.4. The van der Waals surface area contributed by atoms with Crippen LogP contribution in [0.1, 0.15) is 0 Å². The molecule has 0 fully saturated rings. The van der Waals surface area contributed by atoms with Crippen LogP contribution in [0.2, 0.25) is 0 Å². The van der Waals surface area contributed by atoms with E-state index in [1.807, 2.05) is 0 Å². The van der Waals surface area contributed by atoms with Gasteiger partial charge < -0.3 is 0 Å². The number of allylic oxidation sites excluding steroid dienone is 2. The molecular weight excluding hydrogens is 912 g/mol. The zero-order valence-electron chi connectivity index (χ0n) is 23.1. The van der Waals surface area contributed by atoms with Crippen LogP contribution in [0.25, 0.3) is 0 Å². The summed E-state index contributed by atoms with van der Waals surface area (Å²) in [5.74, 6) is -52.2. The van der Waals surface area contributed by atoms with Crippen LogP contribution >= 0.6 is 0 Å². The molecule has 0 heterocycles. The second-order valence-corrected chi connectivity index (χ2v) is 10.4. The summed E-state index contributed by atoms with van der Waals surface area (Å²) in [6, 6.07) is 0. The molecule has 0 aromatic carbocycles. The predicted octanol–water partition coefficient (Wildman–Crippen LogP) is 12.4. The summed E-state index contributed by atoms with van der Waals surface area (Å²) >= 11 is 0. The van der Waals surface area contributed by atoms with Crippen molar-refractivity contribution in [2.45, 2.75) is 90.4 Å². The Labute approximate surface area is 272 Å². The van der Waals surface area contributed by atoms with Crippen molar-refractivity contribution in [1.29, 1.82) is 0 Å². The first-order valence-electron chi connectivity index (χ1n) is 11.6. The summed E-state index contributed by atoms with van der Waals surface area (Å²) in [7, 11) is 0. The van der Waals surface area contributed by atoms with Crippen LogP contribution in [-0.4, -0.2) is 90.4 Å². The number of alkyl halides is 36. The van der Waals surface area contributed by atoms with E-state index >= 15 is 8.78 Å². The van der Waals surface area contributed by atoms with E-state index in [0.29, 0.717) is 0 Å². The molecule has 0 bridgehead atoms. The van der Waals surface area contributed by atoms with Gasteiger partial charge in [0, 0.05) is 11.1 Å². The molecule has 1 aliphatic carbocycles. The smallest absolute Gasteiger partial charge is 0.222 e. The van der Waals surface area contributed by atoms with Gasteiger partial charge >= 0.3 is 90.4 Å². The van der Waals surface area contributed by atoms with Crippen LogP contribution in [0.3, 0.4) is 0 Å². The molecule has 0 nitrogen and oxygen atoms in total. The molecule has 328 valence electrons. The van der Waals surface area contributed by atoms with E-state index in [4.69, 9.17) is 0 Å². The van der Waals surface area contributed by atoms with Crippen molar-refractivity contribution >= 4 is 0 Å². The minimum Gasteiger partial charge on any atom is -0.222 e. The lowest BCUT2D eigenvalue weighted by atomic mass is 9.54. The van der Waals surface area contributed by atoms with Gasteiger partial charge in [-0.15, -0.1) is 0 Å². The molecule has 0 aliphatic heterocycles. The molecule has 0 saturated carbocycles. The number of halogens is 36. The van der Waals surface area contributed by atoms with E-state index in [-0.39, 0.29) is 0 Å². The molecule has 1 rings (SSSR count). The summed E-state index contributed by atoms with van der Waals surface area (Å²) in [4.78, 5) is 0. The maximum atomic E-state index is 15.3. The first-order valence-corrected chi connectivity index (χ1v) is 11.6. The Hall–Kier alpha value is -2.78. The highest BCUT2D eigenvalue weighted by Crippen LogP contribution is 2.83. The average Bonchev–Trinajstić information content (AvgIpc) is 2.93. The van der Waals surface area contributed by atoms with Gasteiger partial charge in [0.2, 0.25) is 10.8 Å². The molecule has 0 aromatic rings. The summed E-state index contributed by atoms with van der Waals surface area (Å²) < 4.78 is 508. The van der Waals surface area contributed by atoms with Crippen molar-refractivity contribution < 1.29 is 158 Å². The zero-order chi connectivity index (χ0) is 45.7. The number of rotatable bonds is 6. The van der Waals surface area contributed by atoms with Gasteiger partial charge in [-0.1, -0.05) is 0 Å². The Bertz CT molecular complexity index is 1350. The molecule has 0 aromatic heterocycles. The lowest BCUT2D eigenvalue weighted by Crippen LogP contribution is -2.80. The van der Waals surface area contributed by atoms with Crippen molar-refractivity contribution in [3.63, 3.8) is 0 Å². The van der Waals surface area contributed by atoms with Crippen molar-refractivity contribution in [2.24, 2.45) is 10.8 Å². The van der Waals surface area contributed by atoms with Crippen LogP contribution in [0.15, 0.2) is 11.1 Å².